The molecular weight excluding hydrogens is 408 g/mol. The largest absolute Gasteiger partial charge is 0.326 e. The molecule has 1 amide bonds. The molecule has 2 aromatic carbocycles. The lowest BCUT2D eigenvalue weighted by atomic mass is 9.49. The van der Waals surface area contributed by atoms with E-state index < -0.39 is 10.0 Å². The molecule has 2 aromatic rings. The quantitative estimate of drug-likeness (QED) is 0.686. The molecule has 4 saturated carbocycles. The van der Waals surface area contributed by atoms with Gasteiger partial charge in [0.2, 0.25) is 5.91 Å². The highest BCUT2D eigenvalue weighted by Crippen LogP contribution is 2.60. The Bertz CT molecular complexity index is 1030. The molecule has 4 fully saturated rings. The van der Waals surface area contributed by atoms with Crippen LogP contribution in [0.15, 0.2) is 59.5 Å². The number of carbonyl (C=O) groups excluding carboxylic acids is 1. The van der Waals surface area contributed by atoms with Crippen molar-refractivity contribution in [1.82, 2.24) is 0 Å². The van der Waals surface area contributed by atoms with E-state index in [0.29, 0.717) is 35.7 Å². The van der Waals surface area contributed by atoms with Crippen LogP contribution in [0.2, 0.25) is 0 Å². The third-order valence-electron chi connectivity index (χ3n) is 7.55. The highest BCUT2D eigenvalue weighted by molar-refractivity contribution is 7.92. The lowest BCUT2D eigenvalue weighted by molar-refractivity contribution is -0.140. The summed E-state index contributed by atoms with van der Waals surface area (Å²) in [5.74, 6) is 2.26. The zero-order valence-electron chi connectivity index (χ0n) is 18.0. The van der Waals surface area contributed by atoms with Crippen LogP contribution in [0, 0.1) is 23.2 Å². The van der Waals surface area contributed by atoms with Gasteiger partial charge in [-0.3, -0.25) is 9.10 Å². The molecule has 0 aromatic heterocycles. The maximum Gasteiger partial charge on any atom is 0.264 e. The summed E-state index contributed by atoms with van der Waals surface area (Å²) in [4.78, 5) is 13.5. The van der Waals surface area contributed by atoms with Crippen LogP contribution < -0.4 is 9.62 Å². The predicted molar refractivity (Wildman–Crippen MR) is 122 cm³/mol. The first-order chi connectivity index (χ1) is 14.9. The summed E-state index contributed by atoms with van der Waals surface area (Å²) < 4.78 is 27.7. The molecular formula is C25H30N2O3S. The first kappa shape index (κ1) is 20.6. The summed E-state index contributed by atoms with van der Waals surface area (Å²) in [5.41, 5.74) is 1.10. The van der Waals surface area contributed by atoms with Gasteiger partial charge in [-0.25, -0.2) is 8.42 Å². The molecule has 4 aliphatic rings. The highest BCUT2D eigenvalue weighted by Gasteiger charge is 2.54. The third kappa shape index (κ3) is 3.65. The Morgan fingerprint density at radius 1 is 0.935 bits per heavy atom. The molecule has 31 heavy (non-hydrogen) atoms. The van der Waals surface area contributed by atoms with Crippen molar-refractivity contribution in [2.45, 2.75) is 50.3 Å². The molecule has 6 rings (SSSR count). The molecule has 0 spiro atoms. The summed E-state index contributed by atoms with van der Waals surface area (Å²) >= 11 is 0. The summed E-state index contributed by atoms with van der Waals surface area (Å²) in [6.45, 7) is 2.17. The minimum absolute atomic E-state index is 0.127. The van der Waals surface area contributed by atoms with Crippen LogP contribution in [0.25, 0.3) is 0 Å². The zero-order valence-corrected chi connectivity index (χ0v) is 18.8. The van der Waals surface area contributed by atoms with Crippen LogP contribution in [-0.2, 0) is 14.8 Å². The minimum atomic E-state index is -3.67. The molecule has 0 unspecified atom stereocenters. The highest BCUT2D eigenvalue weighted by atomic mass is 32.2. The van der Waals surface area contributed by atoms with Gasteiger partial charge in [0.05, 0.1) is 16.0 Å². The van der Waals surface area contributed by atoms with Gasteiger partial charge in [-0.05, 0) is 99.6 Å². The van der Waals surface area contributed by atoms with E-state index in [1.807, 2.05) is 25.1 Å². The maximum absolute atomic E-state index is 13.2. The molecule has 4 aliphatic carbocycles. The van der Waals surface area contributed by atoms with Crippen LogP contribution in [0.3, 0.4) is 0 Å². The number of para-hydroxylation sites is 1. The number of sulfonamides is 1. The van der Waals surface area contributed by atoms with Crippen molar-refractivity contribution in [1.29, 1.82) is 0 Å². The van der Waals surface area contributed by atoms with Gasteiger partial charge in [0.15, 0.2) is 0 Å². The fourth-order valence-corrected chi connectivity index (χ4v) is 8.05. The molecule has 5 nitrogen and oxygen atoms in total. The van der Waals surface area contributed by atoms with Crippen molar-refractivity contribution in [2.75, 3.05) is 16.2 Å². The van der Waals surface area contributed by atoms with Crippen molar-refractivity contribution in [2.24, 2.45) is 23.2 Å². The number of nitrogens with zero attached hydrogens (tertiary/aromatic N) is 1. The number of anilines is 2. The third-order valence-corrected chi connectivity index (χ3v) is 9.47. The fourth-order valence-electron chi connectivity index (χ4n) is 6.58. The molecule has 0 radical (unpaired) electrons. The van der Waals surface area contributed by atoms with Crippen LogP contribution >= 0.6 is 0 Å². The van der Waals surface area contributed by atoms with Crippen molar-refractivity contribution in [3.63, 3.8) is 0 Å². The molecule has 0 aliphatic heterocycles. The summed E-state index contributed by atoms with van der Waals surface area (Å²) in [7, 11) is -3.67. The Kier molecular flexibility index (Phi) is 5.08. The van der Waals surface area contributed by atoms with Gasteiger partial charge in [0, 0.05) is 12.2 Å². The summed E-state index contributed by atoms with van der Waals surface area (Å²) in [6, 6.07) is 15.7. The Labute approximate surface area is 184 Å². The lowest BCUT2D eigenvalue weighted by Gasteiger charge is -2.55. The average molecular weight is 439 g/mol. The van der Waals surface area contributed by atoms with Gasteiger partial charge in [0.1, 0.15) is 0 Å². The van der Waals surface area contributed by atoms with Crippen LogP contribution in [0.4, 0.5) is 11.4 Å². The van der Waals surface area contributed by atoms with Gasteiger partial charge in [-0.1, -0.05) is 18.2 Å². The normalized spacial score (nSPS) is 29.0. The lowest BCUT2D eigenvalue weighted by Crippen LogP contribution is -2.51. The topological polar surface area (TPSA) is 66.5 Å². The fraction of sp³-hybridized carbons (Fsp3) is 0.480. The standard InChI is InChI=1S/C25H30N2O3S/c1-2-27(22-6-4-3-5-7-22)31(29,30)23-10-8-21(9-11-23)26-24(28)25-15-18-12-19(16-25)14-20(13-18)17-25/h3-11,18-20H,2,12-17H2,1H3,(H,26,28). The van der Waals surface area contributed by atoms with E-state index in [2.05, 4.69) is 5.32 Å². The van der Waals surface area contributed by atoms with E-state index in [1.54, 1.807) is 36.4 Å². The van der Waals surface area contributed by atoms with Crippen LogP contribution in [0.5, 0.6) is 0 Å². The molecule has 1 N–H and O–H groups in total. The number of rotatable bonds is 6. The number of hydrogen-bond donors (Lipinski definition) is 1. The Morgan fingerprint density at radius 3 is 2.00 bits per heavy atom. The number of hydrogen-bond acceptors (Lipinski definition) is 3. The van der Waals surface area contributed by atoms with Gasteiger partial charge in [0.25, 0.3) is 10.0 Å². The monoisotopic (exact) mass is 438 g/mol. The average Bonchev–Trinajstić information content (AvgIpc) is 2.74. The Morgan fingerprint density at radius 2 is 1.48 bits per heavy atom. The van der Waals surface area contributed by atoms with Gasteiger partial charge in [-0.15, -0.1) is 0 Å². The van der Waals surface area contributed by atoms with E-state index in [-0.39, 0.29) is 16.2 Å². The Balaban J connectivity index is 1.33. The number of carbonyl (C=O) groups is 1. The second-order valence-corrected chi connectivity index (χ2v) is 11.5. The second kappa shape index (κ2) is 7.66. The van der Waals surface area contributed by atoms with Crippen molar-refractivity contribution < 1.29 is 13.2 Å². The van der Waals surface area contributed by atoms with Gasteiger partial charge >= 0.3 is 0 Å². The Hall–Kier alpha value is -2.34. The first-order valence-corrected chi connectivity index (χ1v) is 12.8. The maximum atomic E-state index is 13.2. The van der Waals surface area contributed by atoms with E-state index in [4.69, 9.17) is 0 Å². The van der Waals surface area contributed by atoms with Gasteiger partial charge in [-0.2, -0.15) is 0 Å². The van der Waals surface area contributed by atoms with Crippen molar-refractivity contribution in [3.05, 3.63) is 54.6 Å². The van der Waals surface area contributed by atoms with E-state index in [0.717, 1.165) is 19.3 Å². The van der Waals surface area contributed by atoms with Crippen LogP contribution in [-0.4, -0.2) is 20.9 Å². The van der Waals surface area contributed by atoms with Gasteiger partial charge < -0.3 is 5.32 Å². The first-order valence-electron chi connectivity index (χ1n) is 11.4. The van der Waals surface area contributed by atoms with E-state index in [1.165, 1.54) is 23.6 Å². The van der Waals surface area contributed by atoms with Crippen LogP contribution in [0.1, 0.15) is 45.4 Å². The van der Waals surface area contributed by atoms with E-state index >= 15 is 0 Å². The zero-order chi connectivity index (χ0) is 21.6. The number of amides is 1. The molecule has 0 saturated heterocycles. The van der Waals surface area contributed by atoms with E-state index in [9.17, 15) is 13.2 Å². The van der Waals surface area contributed by atoms with Crippen molar-refractivity contribution >= 4 is 27.3 Å². The number of benzene rings is 2. The minimum Gasteiger partial charge on any atom is -0.326 e. The summed E-state index contributed by atoms with van der Waals surface area (Å²) in [6.07, 6.45) is 6.94. The number of nitrogens with one attached hydrogen (secondary N) is 1. The molecule has 4 bridgehead atoms. The smallest absolute Gasteiger partial charge is 0.264 e. The van der Waals surface area contributed by atoms with Crippen molar-refractivity contribution in [3.8, 4) is 0 Å². The SMILES string of the molecule is CCN(c1ccccc1)S(=O)(=O)c1ccc(NC(=O)C23CC4CC(CC(C4)C2)C3)cc1. The summed E-state index contributed by atoms with van der Waals surface area (Å²) in [5, 5.41) is 3.11. The molecule has 164 valence electrons. The predicted octanol–water partition coefficient (Wildman–Crippen LogP) is 5.06. The molecule has 0 atom stereocenters. The molecule has 0 heterocycles. The second-order valence-electron chi connectivity index (χ2n) is 9.68. The molecule has 6 heteroatoms.